The lowest BCUT2D eigenvalue weighted by Crippen LogP contribution is -2.30. The van der Waals surface area contributed by atoms with E-state index in [9.17, 15) is 9.59 Å². The predicted molar refractivity (Wildman–Crippen MR) is 120 cm³/mol. The second kappa shape index (κ2) is 9.27. The lowest BCUT2D eigenvalue weighted by Gasteiger charge is -2.15. The Labute approximate surface area is 177 Å². The minimum absolute atomic E-state index is 0.194. The molecule has 1 atom stereocenters. The number of carbonyl (C=O) groups excluding carboxylic acids is 2. The quantitative estimate of drug-likeness (QED) is 0.590. The van der Waals surface area contributed by atoms with E-state index in [4.69, 9.17) is 4.74 Å². The Bertz CT molecular complexity index is 1040. The van der Waals surface area contributed by atoms with Crippen molar-refractivity contribution in [3.63, 3.8) is 0 Å². The normalized spacial score (nSPS) is 11.5. The summed E-state index contributed by atoms with van der Waals surface area (Å²) >= 11 is 0. The zero-order valence-electron chi connectivity index (χ0n) is 17.7. The number of carbonyl (C=O) groups is 2. The van der Waals surface area contributed by atoms with Crippen LogP contribution in [0.3, 0.4) is 0 Å². The zero-order valence-corrected chi connectivity index (χ0v) is 17.7. The number of ether oxygens (including phenoxy) is 1. The van der Waals surface area contributed by atoms with Crippen molar-refractivity contribution in [3.05, 3.63) is 89.0 Å². The van der Waals surface area contributed by atoms with E-state index in [-0.39, 0.29) is 11.8 Å². The lowest BCUT2D eigenvalue weighted by molar-refractivity contribution is -0.122. The van der Waals surface area contributed by atoms with Gasteiger partial charge in [-0.25, -0.2) is 0 Å². The van der Waals surface area contributed by atoms with E-state index in [1.165, 1.54) is 0 Å². The Balaban J connectivity index is 1.59. The van der Waals surface area contributed by atoms with Gasteiger partial charge < -0.3 is 15.4 Å². The van der Waals surface area contributed by atoms with Crippen LogP contribution >= 0.6 is 0 Å². The summed E-state index contributed by atoms with van der Waals surface area (Å²) < 4.78 is 5.72. The second-order valence-electron chi connectivity index (χ2n) is 7.34. The summed E-state index contributed by atoms with van der Waals surface area (Å²) in [4.78, 5) is 24.9. The van der Waals surface area contributed by atoms with Crippen LogP contribution < -0.4 is 15.4 Å². The first-order valence-corrected chi connectivity index (χ1v) is 9.85. The zero-order chi connectivity index (χ0) is 21.7. The van der Waals surface area contributed by atoms with Crippen LogP contribution in [0.5, 0.6) is 5.75 Å². The van der Waals surface area contributed by atoms with Crippen molar-refractivity contribution >= 4 is 23.2 Å². The van der Waals surface area contributed by atoms with Crippen LogP contribution in [0.1, 0.15) is 34.0 Å². The van der Waals surface area contributed by atoms with E-state index in [0.717, 1.165) is 28.1 Å². The largest absolute Gasteiger partial charge is 0.481 e. The third-order valence-corrected chi connectivity index (χ3v) is 4.97. The Morgan fingerprint density at radius 1 is 0.833 bits per heavy atom. The number of hydrogen-bond donors (Lipinski definition) is 2. The third-order valence-electron chi connectivity index (χ3n) is 4.97. The Kier molecular flexibility index (Phi) is 6.52. The van der Waals surface area contributed by atoms with Gasteiger partial charge in [0.2, 0.25) is 0 Å². The van der Waals surface area contributed by atoms with E-state index in [0.29, 0.717) is 11.3 Å². The molecule has 30 heavy (non-hydrogen) atoms. The van der Waals surface area contributed by atoms with Gasteiger partial charge in [-0.3, -0.25) is 9.59 Å². The molecule has 0 saturated carbocycles. The summed E-state index contributed by atoms with van der Waals surface area (Å²) in [5.41, 5.74) is 5.31. The molecule has 2 N–H and O–H groups in total. The van der Waals surface area contributed by atoms with Gasteiger partial charge in [0.25, 0.3) is 11.8 Å². The highest BCUT2D eigenvalue weighted by Gasteiger charge is 2.15. The third kappa shape index (κ3) is 5.26. The molecular weight excluding hydrogens is 376 g/mol. The van der Waals surface area contributed by atoms with E-state index in [1.807, 2.05) is 63.2 Å². The predicted octanol–water partition coefficient (Wildman–Crippen LogP) is 5.27. The van der Waals surface area contributed by atoms with Crippen molar-refractivity contribution in [1.82, 2.24) is 0 Å². The van der Waals surface area contributed by atoms with Crippen molar-refractivity contribution in [3.8, 4) is 5.75 Å². The van der Waals surface area contributed by atoms with Crippen LogP contribution in [-0.2, 0) is 4.79 Å². The van der Waals surface area contributed by atoms with Gasteiger partial charge in [0.15, 0.2) is 6.10 Å². The van der Waals surface area contributed by atoms with Gasteiger partial charge in [-0.2, -0.15) is 0 Å². The molecule has 3 aromatic rings. The van der Waals surface area contributed by atoms with Crippen molar-refractivity contribution in [1.29, 1.82) is 0 Å². The van der Waals surface area contributed by atoms with E-state index >= 15 is 0 Å². The molecule has 0 unspecified atom stereocenters. The van der Waals surface area contributed by atoms with Crippen molar-refractivity contribution in [2.75, 3.05) is 10.6 Å². The minimum Gasteiger partial charge on any atom is -0.481 e. The number of benzene rings is 3. The molecule has 3 rings (SSSR count). The Morgan fingerprint density at radius 2 is 1.50 bits per heavy atom. The first-order chi connectivity index (χ1) is 14.3. The molecule has 5 heteroatoms. The molecular formula is C25H26N2O3. The second-order valence-corrected chi connectivity index (χ2v) is 7.34. The van der Waals surface area contributed by atoms with Crippen LogP contribution in [0.25, 0.3) is 0 Å². The van der Waals surface area contributed by atoms with Crippen LogP contribution in [0.2, 0.25) is 0 Å². The summed E-state index contributed by atoms with van der Waals surface area (Å²) in [6.07, 6.45) is -0.680. The number of aryl methyl sites for hydroxylation is 2. The van der Waals surface area contributed by atoms with Crippen LogP contribution in [-0.4, -0.2) is 17.9 Å². The Hall–Kier alpha value is -3.60. The molecule has 0 aliphatic heterocycles. The lowest BCUT2D eigenvalue weighted by atomic mass is 10.1. The molecule has 0 saturated heterocycles. The molecule has 0 spiro atoms. The number of anilines is 2. The van der Waals surface area contributed by atoms with Crippen molar-refractivity contribution in [2.45, 2.75) is 33.8 Å². The van der Waals surface area contributed by atoms with Crippen LogP contribution in [0, 0.1) is 20.8 Å². The number of amides is 2. The monoisotopic (exact) mass is 402 g/mol. The van der Waals surface area contributed by atoms with Crippen molar-refractivity contribution < 1.29 is 14.3 Å². The maximum Gasteiger partial charge on any atom is 0.265 e. The molecule has 0 aliphatic rings. The summed E-state index contributed by atoms with van der Waals surface area (Å²) in [5, 5.41) is 5.76. The average Bonchev–Trinajstić information content (AvgIpc) is 2.73. The molecule has 2 amide bonds. The highest BCUT2D eigenvalue weighted by molar-refractivity contribution is 6.04. The molecule has 0 radical (unpaired) electrons. The fourth-order valence-corrected chi connectivity index (χ4v) is 2.90. The van der Waals surface area contributed by atoms with Gasteiger partial charge in [-0.1, -0.05) is 29.8 Å². The summed E-state index contributed by atoms with van der Waals surface area (Å²) in [6, 6.07) is 20.1. The molecule has 0 heterocycles. The Morgan fingerprint density at radius 3 is 2.17 bits per heavy atom. The standard InChI is InChI=1S/C25H26N2O3/c1-16-8-12-21(13-9-16)26-24(28)19(4)30-22-14-10-20(11-15-22)25(29)27-23-7-5-6-17(2)18(23)3/h5-15,19H,1-4H3,(H,26,28)(H,27,29)/t19-/m1/s1. The van der Waals surface area contributed by atoms with Gasteiger partial charge in [-0.15, -0.1) is 0 Å². The smallest absolute Gasteiger partial charge is 0.265 e. The minimum atomic E-state index is -0.680. The number of nitrogens with one attached hydrogen (secondary N) is 2. The van der Waals surface area contributed by atoms with Gasteiger partial charge >= 0.3 is 0 Å². The first kappa shape index (κ1) is 21.1. The highest BCUT2D eigenvalue weighted by Crippen LogP contribution is 2.20. The average molecular weight is 402 g/mol. The maximum absolute atomic E-state index is 12.5. The highest BCUT2D eigenvalue weighted by atomic mass is 16.5. The fraction of sp³-hybridized carbons (Fsp3) is 0.200. The summed E-state index contributed by atoms with van der Waals surface area (Å²) in [5.74, 6) is 0.0841. The molecule has 3 aromatic carbocycles. The molecule has 0 bridgehead atoms. The van der Waals surface area contributed by atoms with E-state index < -0.39 is 6.10 Å². The van der Waals surface area contributed by atoms with Gasteiger partial charge in [-0.05, 0) is 81.3 Å². The molecule has 0 aromatic heterocycles. The summed E-state index contributed by atoms with van der Waals surface area (Å²) in [7, 11) is 0. The first-order valence-electron chi connectivity index (χ1n) is 9.85. The van der Waals surface area contributed by atoms with Gasteiger partial charge in [0.1, 0.15) is 5.75 Å². The van der Waals surface area contributed by atoms with Crippen LogP contribution in [0.4, 0.5) is 11.4 Å². The SMILES string of the molecule is Cc1ccc(NC(=O)[C@@H](C)Oc2ccc(C(=O)Nc3cccc(C)c3C)cc2)cc1. The fourth-order valence-electron chi connectivity index (χ4n) is 2.90. The maximum atomic E-state index is 12.5. The van der Waals surface area contributed by atoms with Crippen LogP contribution in [0.15, 0.2) is 66.7 Å². The number of rotatable bonds is 6. The molecule has 0 fully saturated rings. The summed E-state index contributed by atoms with van der Waals surface area (Å²) in [6.45, 7) is 7.66. The number of hydrogen-bond acceptors (Lipinski definition) is 3. The topological polar surface area (TPSA) is 67.4 Å². The van der Waals surface area contributed by atoms with E-state index in [1.54, 1.807) is 31.2 Å². The molecule has 154 valence electrons. The molecule has 5 nitrogen and oxygen atoms in total. The van der Waals surface area contributed by atoms with Gasteiger partial charge in [0.05, 0.1) is 0 Å². The molecule has 0 aliphatic carbocycles. The van der Waals surface area contributed by atoms with Gasteiger partial charge in [0, 0.05) is 16.9 Å². The van der Waals surface area contributed by atoms with E-state index in [2.05, 4.69) is 10.6 Å². The van der Waals surface area contributed by atoms with Crippen molar-refractivity contribution in [2.24, 2.45) is 0 Å².